The van der Waals surface area contributed by atoms with Crippen molar-refractivity contribution in [1.29, 1.82) is 0 Å². The van der Waals surface area contributed by atoms with Crippen molar-refractivity contribution in [1.82, 2.24) is 19.8 Å². The number of fused-ring (bicyclic) bond motifs is 1. The van der Waals surface area contributed by atoms with E-state index >= 15 is 0 Å². The quantitative estimate of drug-likeness (QED) is 0.565. The Hall–Kier alpha value is -2.55. The number of aromatic nitrogens is 2. The maximum atomic E-state index is 14.6. The number of hydrogen-bond acceptors (Lipinski definition) is 4. The summed E-state index contributed by atoms with van der Waals surface area (Å²) in [5.41, 5.74) is 1.05. The van der Waals surface area contributed by atoms with Gasteiger partial charge in [-0.25, -0.2) is 4.39 Å². The second-order valence-electron chi connectivity index (χ2n) is 7.66. The number of carbonyl (C=O) groups excluding carboxylic acids is 1. The number of likely N-dealkylation sites (tertiary alicyclic amines) is 1. The van der Waals surface area contributed by atoms with Crippen LogP contribution in [-0.4, -0.2) is 40.0 Å². The fourth-order valence-electron chi connectivity index (χ4n) is 4.03. The summed E-state index contributed by atoms with van der Waals surface area (Å²) >= 11 is 11.5. The monoisotopic (exact) mass is 460 g/mol. The molecule has 1 aromatic heterocycles. The van der Waals surface area contributed by atoms with E-state index in [1.807, 2.05) is 0 Å². The summed E-state index contributed by atoms with van der Waals surface area (Å²) < 4.78 is 16.2. The van der Waals surface area contributed by atoms with Crippen LogP contribution in [-0.2, 0) is 7.05 Å². The van der Waals surface area contributed by atoms with E-state index in [9.17, 15) is 14.0 Å². The molecule has 6 nitrogen and oxygen atoms in total. The van der Waals surface area contributed by atoms with E-state index in [1.165, 1.54) is 10.6 Å². The van der Waals surface area contributed by atoms with E-state index in [1.54, 1.807) is 37.4 Å². The molecule has 162 valence electrons. The maximum Gasteiger partial charge on any atom is 0.261 e. The Balaban J connectivity index is 1.60. The topological polar surface area (TPSA) is 70.1 Å². The van der Waals surface area contributed by atoms with E-state index in [0.29, 0.717) is 27.1 Å². The zero-order chi connectivity index (χ0) is 22.1. The number of amides is 1. The molecule has 1 aliphatic rings. The van der Waals surface area contributed by atoms with Crippen LogP contribution < -0.4 is 10.9 Å². The first-order valence-electron chi connectivity index (χ1n) is 10.1. The van der Waals surface area contributed by atoms with Crippen LogP contribution in [0.4, 0.5) is 4.39 Å². The van der Waals surface area contributed by atoms with Gasteiger partial charge in [0.15, 0.2) is 4.77 Å². The van der Waals surface area contributed by atoms with Gasteiger partial charge in [-0.3, -0.25) is 19.1 Å². The van der Waals surface area contributed by atoms with Gasteiger partial charge in [-0.1, -0.05) is 17.7 Å². The second-order valence-corrected chi connectivity index (χ2v) is 8.45. The molecule has 4 rings (SSSR count). The first kappa shape index (κ1) is 21.7. The Kier molecular flexibility index (Phi) is 6.22. The van der Waals surface area contributed by atoms with Crippen LogP contribution in [0.5, 0.6) is 0 Å². The van der Waals surface area contributed by atoms with Crippen molar-refractivity contribution < 1.29 is 9.18 Å². The molecule has 0 bridgehead atoms. The molecule has 0 aliphatic carbocycles. The van der Waals surface area contributed by atoms with Gasteiger partial charge in [0.05, 0.1) is 16.9 Å². The molecule has 2 aromatic carbocycles. The summed E-state index contributed by atoms with van der Waals surface area (Å²) in [6, 6.07) is 9.06. The zero-order valence-electron chi connectivity index (χ0n) is 17.0. The number of halogens is 2. The highest BCUT2D eigenvalue weighted by Gasteiger charge is 2.28. The van der Waals surface area contributed by atoms with E-state index in [2.05, 4.69) is 15.2 Å². The highest BCUT2D eigenvalue weighted by Crippen LogP contribution is 2.32. The average Bonchev–Trinajstić information content (AvgIpc) is 3.28. The molecule has 1 amide bonds. The SMILES string of the molecule is Cn1c(=S)[nH]c2cc(C(=O)NCC(c3c(F)cccc3Cl)N3CCCC3)ccc2c1=O. The molecule has 1 aliphatic heterocycles. The maximum absolute atomic E-state index is 14.6. The van der Waals surface area contributed by atoms with E-state index < -0.39 is 0 Å². The number of rotatable bonds is 5. The van der Waals surface area contributed by atoms with Crippen molar-refractivity contribution >= 4 is 40.6 Å². The Morgan fingerprint density at radius 2 is 2.03 bits per heavy atom. The van der Waals surface area contributed by atoms with Gasteiger partial charge >= 0.3 is 0 Å². The van der Waals surface area contributed by atoms with Gasteiger partial charge in [0.2, 0.25) is 0 Å². The number of hydrogen-bond donors (Lipinski definition) is 2. The number of benzene rings is 2. The minimum Gasteiger partial charge on any atom is -0.350 e. The highest BCUT2D eigenvalue weighted by atomic mass is 35.5. The fraction of sp³-hybridized carbons (Fsp3) is 0.318. The van der Waals surface area contributed by atoms with Gasteiger partial charge < -0.3 is 10.3 Å². The largest absolute Gasteiger partial charge is 0.350 e. The third-order valence-corrected chi connectivity index (χ3v) is 6.44. The van der Waals surface area contributed by atoms with E-state index in [4.69, 9.17) is 23.8 Å². The number of H-pyrrole nitrogens is 1. The smallest absolute Gasteiger partial charge is 0.261 e. The molecule has 1 unspecified atom stereocenters. The van der Waals surface area contributed by atoms with Gasteiger partial charge in [-0.15, -0.1) is 0 Å². The first-order chi connectivity index (χ1) is 14.9. The van der Waals surface area contributed by atoms with Gasteiger partial charge in [0.25, 0.3) is 11.5 Å². The number of nitrogens with zero attached hydrogens (tertiary/aromatic N) is 2. The molecule has 3 aromatic rings. The van der Waals surface area contributed by atoms with Crippen LogP contribution in [0.25, 0.3) is 10.9 Å². The molecule has 2 N–H and O–H groups in total. The molecule has 1 atom stereocenters. The fourth-order valence-corrected chi connectivity index (χ4v) is 4.52. The van der Waals surface area contributed by atoms with Gasteiger partial charge in [-0.2, -0.15) is 0 Å². The van der Waals surface area contributed by atoms with Crippen LogP contribution in [0.15, 0.2) is 41.2 Å². The molecule has 0 radical (unpaired) electrons. The van der Waals surface area contributed by atoms with Crippen molar-refractivity contribution in [2.24, 2.45) is 7.05 Å². The lowest BCUT2D eigenvalue weighted by Crippen LogP contribution is -2.37. The Morgan fingerprint density at radius 3 is 2.74 bits per heavy atom. The zero-order valence-corrected chi connectivity index (χ0v) is 18.5. The summed E-state index contributed by atoms with van der Waals surface area (Å²) in [4.78, 5) is 30.3. The summed E-state index contributed by atoms with van der Waals surface area (Å²) in [7, 11) is 1.59. The van der Waals surface area contributed by atoms with Crippen molar-refractivity contribution in [2.75, 3.05) is 19.6 Å². The third-order valence-electron chi connectivity index (χ3n) is 5.73. The predicted octanol–water partition coefficient (Wildman–Crippen LogP) is 3.96. The average molecular weight is 461 g/mol. The first-order valence-corrected chi connectivity index (χ1v) is 10.8. The molecule has 2 heterocycles. The summed E-state index contributed by atoms with van der Waals surface area (Å²) in [6.07, 6.45) is 2.05. The molecule has 0 saturated carbocycles. The van der Waals surface area contributed by atoms with Gasteiger partial charge in [-0.05, 0) is 68.5 Å². The molecule has 1 fully saturated rings. The van der Waals surface area contributed by atoms with Crippen LogP contribution in [0.1, 0.15) is 34.8 Å². The molecular formula is C22H22ClFN4O2S. The molecular weight excluding hydrogens is 439 g/mol. The molecule has 31 heavy (non-hydrogen) atoms. The third kappa shape index (κ3) is 4.28. The Labute approximate surface area is 188 Å². The number of nitrogens with one attached hydrogen (secondary N) is 2. The number of aromatic amines is 1. The Morgan fingerprint density at radius 1 is 1.29 bits per heavy atom. The predicted molar refractivity (Wildman–Crippen MR) is 122 cm³/mol. The Bertz CT molecular complexity index is 1250. The van der Waals surface area contributed by atoms with Crippen LogP contribution >= 0.6 is 23.8 Å². The van der Waals surface area contributed by atoms with Gasteiger partial charge in [0.1, 0.15) is 5.82 Å². The van der Waals surface area contributed by atoms with Crippen LogP contribution in [0.2, 0.25) is 5.02 Å². The highest BCUT2D eigenvalue weighted by molar-refractivity contribution is 7.71. The second kappa shape index (κ2) is 8.90. The van der Waals surface area contributed by atoms with E-state index in [0.717, 1.165) is 25.9 Å². The minimum absolute atomic E-state index is 0.212. The van der Waals surface area contributed by atoms with Crippen molar-refractivity contribution in [3.63, 3.8) is 0 Å². The van der Waals surface area contributed by atoms with Crippen LogP contribution in [0.3, 0.4) is 0 Å². The van der Waals surface area contributed by atoms with Crippen molar-refractivity contribution in [3.05, 3.63) is 73.5 Å². The molecule has 9 heteroatoms. The minimum atomic E-state index is -0.382. The summed E-state index contributed by atoms with van der Waals surface area (Å²) in [5, 5.41) is 3.70. The number of carbonyl (C=O) groups is 1. The lowest BCUT2D eigenvalue weighted by molar-refractivity contribution is 0.0937. The normalized spacial score (nSPS) is 15.3. The van der Waals surface area contributed by atoms with Crippen LogP contribution in [0, 0.1) is 10.6 Å². The lowest BCUT2D eigenvalue weighted by Gasteiger charge is -2.29. The molecule has 0 spiro atoms. The summed E-state index contributed by atoms with van der Waals surface area (Å²) in [6.45, 7) is 1.85. The van der Waals surface area contributed by atoms with Crippen molar-refractivity contribution in [3.8, 4) is 0 Å². The lowest BCUT2D eigenvalue weighted by atomic mass is 10.0. The molecule has 1 saturated heterocycles. The standard InChI is InChI=1S/C22H22ClFN4O2S/c1-27-21(30)14-8-7-13(11-17(14)26-22(27)31)20(29)25-12-18(28-9-2-3-10-28)19-15(23)5-4-6-16(19)24/h4-8,11,18H,2-3,9-10,12H2,1H3,(H,25,29)(H,26,31). The van der Waals surface area contributed by atoms with Gasteiger partial charge in [0, 0.05) is 29.7 Å². The summed E-state index contributed by atoms with van der Waals surface area (Å²) in [5.74, 6) is -0.702. The van der Waals surface area contributed by atoms with Crippen molar-refractivity contribution in [2.45, 2.75) is 18.9 Å². The van der Waals surface area contributed by atoms with E-state index in [-0.39, 0.29) is 34.6 Å².